The van der Waals surface area contributed by atoms with Crippen LogP contribution in [0.3, 0.4) is 0 Å². The maximum Gasteiger partial charge on any atom is 0.226 e. The molecule has 192 valence electrons. The molecule has 3 rings (SSSR count). The third-order valence-corrected chi connectivity index (χ3v) is 5.66. The molecule has 7 nitrogen and oxygen atoms in total. The summed E-state index contributed by atoms with van der Waals surface area (Å²) in [5.41, 5.74) is 2.66. The van der Waals surface area contributed by atoms with Gasteiger partial charge in [-0.3, -0.25) is 0 Å². The van der Waals surface area contributed by atoms with E-state index in [0.717, 1.165) is 16.8 Å². The number of halogens is 4. The van der Waals surface area contributed by atoms with Crippen LogP contribution in [0.1, 0.15) is 23.2 Å². The Hall–Kier alpha value is -2.58. The molecule has 0 aliphatic rings. The molecule has 0 unspecified atom stereocenters. The Bertz CT molecular complexity index is 1200. The average Bonchev–Trinajstić information content (AvgIpc) is 3.08. The summed E-state index contributed by atoms with van der Waals surface area (Å²) in [5, 5.41) is 9.12. The van der Waals surface area contributed by atoms with Crippen LogP contribution in [-0.2, 0) is 11.9 Å². The molecule has 11 heteroatoms. The smallest absolute Gasteiger partial charge is 0.226 e. The monoisotopic (exact) mass is 571 g/mol. The van der Waals surface area contributed by atoms with Gasteiger partial charge >= 0.3 is 0 Å². The summed E-state index contributed by atoms with van der Waals surface area (Å²) in [4.78, 5) is 5.39. The lowest BCUT2D eigenvalue weighted by Gasteiger charge is -2.12. The molecule has 36 heavy (non-hydrogen) atoms. The van der Waals surface area contributed by atoms with Crippen molar-refractivity contribution in [3.63, 3.8) is 0 Å². The van der Waals surface area contributed by atoms with Gasteiger partial charge in [0.2, 0.25) is 5.88 Å². The van der Waals surface area contributed by atoms with Gasteiger partial charge in [-0.15, -0.1) is 0 Å². The minimum Gasteiger partial charge on any atom is -0.490 e. The third-order valence-electron chi connectivity index (χ3n) is 4.79. The number of hydrogen-bond donors (Lipinski definition) is 0. The van der Waals surface area contributed by atoms with Crippen LogP contribution < -0.4 is 14.2 Å². The summed E-state index contributed by atoms with van der Waals surface area (Å²) in [6.45, 7) is 4.74. The Morgan fingerprint density at radius 2 is 1.69 bits per heavy atom. The molecule has 0 spiro atoms. The third kappa shape index (κ3) is 8.23. The first-order valence-corrected chi connectivity index (χ1v) is 12.4. The molecule has 3 aromatic rings. The molecule has 0 aliphatic carbocycles. The molecule has 0 atom stereocenters. The predicted octanol–water partition coefficient (Wildman–Crippen LogP) is 7.65. The summed E-state index contributed by atoms with van der Waals surface area (Å²) < 4.78 is 19.0. The van der Waals surface area contributed by atoms with Crippen LogP contribution in [0.4, 0.5) is 0 Å². The van der Waals surface area contributed by atoms with E-state index >= 15 is 0 Å². The second-order valence-electron chi connectivity index (χ2n) is 7.63. The van der Waals surface area contributed by atoms with Crippen molar-refractivity contribution in [1.82, 2.24) is 9.78 Å². The normalized spacial score (nSPS) is 11.0. The fraction of sp³-hybridized carbons (Fsp3) is 0.280. The number of oxime groups is 1. The van der Waals surface area contributed by atoms with E-state index < -0.39 is 0 Å². The predicted molar refractivity (Wildman–Crippen MR) is 145 cm³/mol. The van der Waals surface area contributed by atoms with E-state index in [0.29, 0.717) is 52.8 Å². The summed E-state index contributed by atoms with van der Waals surface area (Å²) >= 11 is 23.7. The summed E-state index contributed by atoms with van der Waals surface area (Å²) in [6, 6.07) is 11.0. The first-order valence-electron chi connectivity index (χ1n) is 10.9. The second kappa shape index (κ2) is 13.7. The average molecular weight is 573 g/mol. The molecule has 0 amide bonds. The zero-order chi connectivity index (χ0) is 26.1. The van der Waals surface area contributed by atoms with Crippen molar-refractivity contribution in [2.45, 2.75) is 20.3 Å². The second-order valence-corrected chi connectivity index (χ2v) is 9.46. The maximum absolute atomic E-state index is 6.27. The van der Waals surface area contributed by atoms with E-state index in [9.17, 15) is 0 Å². The highest BCUT2D eigenvalue weighted by atomic mass is 35.5. The number of aryl methyl sites for hydroxylation is 3. The quantitative estimate of drug-likeness (QED) is 0.127. The van der Waals surface area contributed by atoms with Crippen molar-refractivity contribution in [2.24, 2.45) is 12.2 Å². The van der Waals surface area contributed by atoms with E-state index in [1.54, 1.807) is 23.0 Å². The van der Waals surface area contributed by atoms with Crippen molar-refractivity contribution in [3.8, 4) is 23.1 Å². The zero-order valence-electron chi connectivity index (χ0n) is 19.9. The van der Waals surface area contributed by atoms with Crippen molar-refractivity contribution >= 4 is 52.6 Å². The maximum atomic E-state index is 6.27. The van der Waals surface area contributed by atoms with Crippen LogP contribution in [0.25, 0.3) is 0 Å². The van der Waals surface area contributed by atoms with Gasteiger partial charge in [-0.2, -0.15) is 5.10 Å². The van der Waals surface area contributed by atoms with Gasteiger partial charge in [0.1, 0.15) is 29.2 Å². The van der Waals surface area contributed by atoms with Crippen LogP contribution in [0, 0.1) is 13.8 Å². The molecule has 1 heterocycles. The minimum atomic E-state index is 0.116. The van der Waals surface area contributed by atoms with E-state index in [4.69, 9.17) is 65.5 Å². The van der Waals surface area contributed by atoms with E-state index in [1.807, 2.05) is 45.2 Å². The van der Waals surface area contributed by atoms with Crippen LogP contribution in [0.5, 0.6) is 23.1 Å². The molecule has 0 N–H and O–H groups in total. The van der Waals surface area contributed by atoms with E-state index in [1.165, 1.54) is 6.08 Å². The Labute approximate surface area is 230 Å². The number of aromatic nitrogens is 2. The van der Waals surface area contributed by atoms with Crippen LogP contribution in [0.2, 0.25) is 10.0 Å². The molecule has 0 aliphatic heterocycles. The van der Waals surface area contributed by atoms with Gasteiger partial charge in [0.05, 0.1) is 34.1 Å². The number of rotatable bonds is 12. The van der Waals surface area contributed by atoms with Crippen molar-refractivity contribution < 1.29 is 19.0 Å². The molecular weight excluding hydrogens is 548 g/mol. The fourth-order valence-electron chi connectivity index (χ4n) is 3.04. The van der Waals surface area contributed by atoms with Gasteiger partial charge in [0.25, 0.3) is 0 Å². The SMILES string of the molecule is Cc1ccc(Oc2c(/C=N/OCCCOc3c(Cl)cc(OCC=C(Cl)Cl)cc3Cl)c(C)nn2C)cc1. The minimum absolute atomic E-state index is 0.116. The molecule has 2 aromatic carbocycles. The van der Waals surface area contributed by atoms with Gasteiger partial charge in [-0.1, -0.05) is 69.3 Å². The Kier molecular flexibility index (Phi) is 10.6. The molecular formula is C25H25Cl4N3O4. The van der Waals surface area contributed by atoms with Gasteiger partial charge in [-0.25, -0.2) is 4.68 Å². The van der Waals surface area contributed by atoms with Crippen LogP contribution in [-0.4, -0.2) is 35.8 Å². The van der Waals surface area contributed by atoms with E-state index in [-0.39, 0.29) is 11.1 Å². The number of nitrogens with zero attached hydrogens (tertiary/aromatic N) is 3. The van der Waals surface area contributed by atoms with Crippen molar-refractivity contribution in [3.05, 3.63) is 73.8 Å². The van der Waals surface area contributed by atoms with Crippen molar-refractivity contribution in [1.29, 1.82) is 0 Å². The lowest BCUT2D eigenvalue weighted by molar-refractivity contribution is 0.129. The molecule has 1 aromatic heterocycles. The molecule has 0 saturated carbocycles. The first kappa shape index (κ1) is 28.0. The summed E-state index contributed by atoms with van der Waals surface area (Å²) in [7, 11) is 1.81. The first-order chi connectivity index (χ1) is 17.2. The van der Waals surface area contributed by atoms with Crippen LogP contribution in [0.15, 0.2) is 52.1 Å². The van der Waals surface area contributed by atoms with E-state index in [2.05, 4.69) is 10.3 Å². The largest absolute Gasteiger partial charge is 0.490 e. The zero-order valence-corrected chi connectivity index (χ0v) is 23.0. The van der Waals surface area contributed by atoms with Crippen LogP contribution >= 0.6 is 46.4 Å². The molecule has 0 bridgehead atoms. The number of hydrogen-bond acceptors (Lipinski definition) is 6. The van der Waals surface area contributed by atoms with Gasteiger partial charge in [0.15, 0.2) is 5.75 Å². The van der Waals surface area contributed by atoms with Gasteiger partial charge in [0, 0.05) is 25.6 Å². The molecule has 0 radical (unpaired) electrons. The highest BCUT2D eigenvalue weighted by Gasteiger charge is 2.14. The topological polar surface area (TPSA) is 67.1 Å². The number of benzene rings is 2. The fourth-order valence-corrected chi connectivity index (χ4v) is 3.74. The summed E-state index contributed by atoms with van der Waals surface area (Å²) in [5.74, 6) is 2.12. The standard InChI is InChI=1S/C25H25Cl4N3O4/c1-16-5-7-18(8-6-16)36-25-20(17(2)31-32(25)3)15-30-35-11-4-10-34-24-21(26)13-19(14-22(24)27)33-12-9-23(28)29/h5-9,13-15H,4,10-12H2,1-3H3/b30-15+. The lowest BCUT2D eigenvalue weighted by Crippen LogP contribution is -2.03. The van der Waals surface area contributed by atoms with Crippen molar-refractivity contribution in [2.75, 3.05) is 19.8 Å². The molecule has 0 saturated heterocycles. The Morgan fingerprint density at radius 1 is 1.00 bits per heavy atom. The Balaban J connectivity index is 1.48. The van der Waals surface area contributed by atoms with Gasteiger partial charge < -0.3 is 19.0 Å². The Morgan fingerprint density at radius 3 is 2.36 bits per heavy atom. The van der Waals surface area contributed by atoms with Gasteiger partial charge in [-0.05, 0) is 32.1 Å². The molecule has 0 fully saturated rings. The summed E-state index contributed by atoms with van der Waals surface area (Å²) in [6.07, 6.45) is 3.65. The number of ether oxygens (including phenoxy) is 3. The highest BCUT2D eigenvalue weighted by Crippen LogP contribution is 2.37. The highest BCUT2D eigenvalue weighted by molar-refractivity contribution is 6.55. The lowest BCUT2D eigenvalue weighted by atomic mass is 10.2.